The lowest BCUT2D eigenvalue weighted by molar-refractivity contribution is 1.05. The van der Waals surface area contributed by atoms with E-state index >= 15 is 0 Å². The van der Waals surface area contributed by atoms with E-state index in [9.17, 15) is 5.26 Å². The zero-order chi connectivity index (χ0) is 14.7. The molecule has 0 unspecified atom stereocenters. The summed E-state index contributed by atoms with van der Waals surface area (Å²) in [5.41, 5.74) is 1.80. The summed E-state index contributed by atoms with van der Waals surface area (Å²) in [7, 11) is 0. The van der Waals surface area contributed by atoms with Crippen molar-refractivity contribution in [2.75, 3.05) is 11.9 Å². The van der Waals surface area contributed by atoms with E-state index in [2.05, 4.69) is 45.5 Å². The number of rotatable bonds is 4. The van der Waals surface area contributed by atoms with Crippen molar-refractivity contribution < 1.29 is 0 Å². The Kier molecular flexibility index (Phi) is 4.23. The quantitative estimate of drug-likeness (QED) is 0.698. The van der Waals surface area contributed by atoms with Crippen molar-refractivity contribution in [3.8, 4) is 6.07 Å². The standard InChI is InChI=1S/C17H13BrN2S/c18-17-8-6-13(21-17)9-10-20-16-7-5-12(11-19)14-3-1-2-4-15(14)16/h1-8,20H,9-10H2. The second-order valence-electron chi connectivity index (χ2n) is 4.70. The highest BCUT2D eigenvalue weighted by molar-refractivity contribution is 9.11. The van der Waals surface area contributed by atoms with E-state index in [1.165, 1.54) is 8.66 Å². The van der Waals surface area contributed by atoms with E-state index < -0.39 is 0 Å². The number of fused-ring (bicyclic) bond motifs is 1. The highest BCUT2D eigenvalue weighted by Crippen LogP contribution is 2.27. The Balaban J connectivity index is 1.80. The van der Waals surface area contributed by atoms with Crippen LogP contribution in [0.1, 0.15) is 10.4 Å². The van der Waals surface area contributed by atoms with Crippen molar-refractivity contribution in [1.29, 1.82) is 5.26 Å². The third kappa shape index (κ3) is 3.10. The van der Waals surface area contributed by atoms with Gasteiger partial charge in [0.05, 0.1) is 15.4 Å². The molecule has 1 N–H and O–H groups in total. The summed E-state index contributed by atoms with van der Waals surface area (Å²) in [6.45, 7) is 0.878. The molecule has 104 valence electrons. The summed E-state index contributed by atoms with van der Waals surface area (Å²) in [6, 6.07) is 18.4. The van der Waals surface area contributed by atoms with Crippen LogP contribution in [0, 0.1) is 11.3 Å². The first-order valence-electron chi connectivity index (χ1n) is 6.68. The fourth-order valence-electron chi connectivity index (χ4n) is 2.36. The Hall–Kier alpha value is -1.83. The van der Waals surface area contributed by atoms with Gasteiger partial charge in [-0.3, -0.25) is 0 Å². The molecule has 3 aromatic rings. The summed E-state index contributed by atoms with van der Waals surface area (Å²) in [4.78, 5) is 1.35. The number of thiophene rings is 1. The van der Waals surface area contributed by atoms with Crippen LogP contribution in [0.25, 0.3) is 10.8 Å². The summed E-state index contributed by atoms with van der Waals surface area (Å²) in [6.07, 6.45) is 0.991. The molecule has 3 rings (SSSR count). The lowest BCUT2D eigenvalue weighted by Crippen LogP contribution is -2.04. The number of anilines is 1. The van der Waals surface area contributed by atoms with Crippen LogP contribution in [0.2, 0.25) is 0 Å². The van der Waals surface area contributed by atoms with Crippen LogP contribution in [0.3, 0.4) is 0 Å². The third-order valence-electron chi connectivity index (χ3n) is 3.36. The molecule has 0 atom stereocenters. The van der Waals surface area contributed by atoms with Crippen LogP contribution in [0.5, 0.6) is 0 Å². The van der Waals surface area contributed by atoms with Crippen LogP contribution in [-0.4, -0.2) is 6.54 Å². The fraction of sp³-hybridized carbons (Fsp3) is 0.118. The molecule has 4 heteroatoms. The Bertz CT molecular complexity index is 817. The number of nitrogens with one attached hydrogen (secondary N) is 1. The van der Waals surface area contributed by atoms with Crippen molar-refractivity contribution >= 4 is 43.7 Å². The highest BCUT2D eigenvalue weighted by atomic mass is 79.9. The van der Waals surface area contributed by atoms with Crippen LogP contribution < -0.4 is 5.32 Å². The van der Waals surface area contributed by atoms with E-state index in [4.69, 9.17) is 0 Å². The molecule has 0 amide bonds. The number of nitrogens with zero attached hydrogens (tertiary/aromatic N) is 1. The predicted octanol–water partition coefficient (Wildman–Crippen LogP) is 5.19. The summed E-state index contributed by atoms with van der Waals surface area (Å²) >= 11 is 5.25. The molecule has 0 radical (unpaired) electrons. The highest BCUT2D eigenvalue weighted by Gasteiger charge is 2.05. The monoisotopic (exact) mass is 356 g/mol. The Morgan fingerprint density at radius 3 is 2.57 bits per heavy atom. The maximum absolute atomic E-state index is 9.18. The van der Waals surface area contributed by atoms with Crippen molar-refractivity contribution in [3.63, 3.8) is 0 Å². The first-order chi connectivity index (χ1) is 10.3. The van der Waals surface area contributed by atoms with Gasteiger partial charge in [-0.15, -0.1) is 11.3 Å². The van der Waals surface area contributed by atoms with Crippen molar-refractivity contribution in [3.05, 3.63) is 62.8 Å². The maximum Gasteiger partial charge on any atom is 0.0998 e. The van der Waals surface area contributed by atoms with E-state index in [0.717, 1.165) is 35.0 Å². The largest absolute Gasteiger partial charge is 0.384 e. The average molecular weight is 357 g/mol. The summed E-state index contributed by atoms with van der Waals surface area (Å²) < 4.78 is 1.17. The number of nitriles is 1. The topological polar surface area (TPSA) is 35.8 Å². The maximum atomic E-state index is 9.18. The third-order valence-corrected chi connectivity index (χ3v) is 5.04. The van der Waals surface area contributed by atoms with Crippen molar-refractivity contribution in [1.82, 2.24) is 0 Å². The van der Waals surface area contributed by atoms with Gasteiger partial charge in [0.25, 0.3) is 0 Å². The molecule has 0 saturated heterocycles. The number of halogens is 1. The summed E-state index contributed by atoms with van der Waals surface area (Å²) in [5, 5.41) is 14.8. The minimum atomic E-state index is 0.721. The fourth-order valence-corrected chi connectivity index (χ4v) is 3.84. The average Bonchev–Trinajstić information content (AvgIpc) is 2.93. The predicted molar refractivity (Wildman–Crippen MR) is 92.9 cm³/mol. The van der Waals surface area contributed by atoms with Crippen LogP contribution in [0.4, 0.5) is 5.69 Å². The molecule has 0 spiro atoms. The van der Waals surface area contributed by atoms with E-state index in [0.29, 0.717) is 0 Å². The second kappa shape index (κ2) is 6.30. The van der Waals surface area contributed by atoms with Crippen molar-refractivity contribution in [2.24, 2.45) is 0 Å². The molecular weight excluding hydrogens is 344 g/mol. The SMILES string of the molecule is N#Cc1ccc(NCCc2ccc(Br)s2)c2ccccc12. The second-order valence-corrected chi connectivity index (χ2v) is 7.25. The molecular formula is C17H13BrN2S. The Labute approximate surface area is 136 Å². The number of benzene rings is 2. The molecule has 0 aliphatic rings. The zero-order valence-corrected chi connectivity index (χ0v) is 13.7. The molecule has 0 bridgehead atoms. The molecule has 0 aliphatic heterocycles. The first-order valence-corrected chi connectivity index (χ1v) is 8.29. The first kappa shape index (κ1) is 14.1. The smallest absolute Gasteiger partial charge is 0.0998 e. The van der Waals surface area contributed by atoms with Gasteiger partial charge in [-0.1, -0.05) is 24.3 Å². The van der Waals surface area contributed by atoms with Gasteiger partial charge in [-0.25, -0.2) is 0 Å². The van der Waals surface area contributed by atoms with Gasteiger partial charge in [0.15, 0.2) is 0 Å². The molecule has 21 heavy (non-hydrogen) atoms. The van der Waals surface area contributed by atoms with Gasteiger partial charge in [-0.2, -0.15) is 5.26 Å². The van der Waals surface area contributed by atoms with Crippen molar-refractivity contribution in [2.45, 2.75) is 6.42 Å². The van der Waals surface area contributed by atoms with Gasteiger partial charge >= 0.3 is 0 Å². The van der Waals surface area contributed by atoms with Gasteiger partial charge < -0.3 is 5.32 Å². The molecule has 1 heterocycles. The lowest BCUT2D eigenvalue weighted by Gasteiger charge is -2.10. The van der Waals surface area contributed by atoms with Gasteiger partial charge in [0.1, 0.15) is 0 Å². The van der Waals surface area contributed by atoms with Crippen LogP contribution in [0.15, 0.2) is 52.3 Å². The Morgan fingerprint density at radius 1 is 1.05 bits per heavy atom. The van der Waals surface area contributed by atoms with Gasteiger partial charge in [0.2, 0.25) is 0 Å². The molecule has 0 aliphatic carbocycles. The molecule has 2 aromatic carbocycles. The Morgan fingerprint density at radius 2 is 1.86 bits per heavy atom. The molecule has 0 saturated carbocycles. The molecule has 2 nitrogen and oxygen atoms in total. The van der Waals surface area contributed by atoms with Crippen LogP contribution >= 0.6 is 27.3 Å². The molecule has 0 fully saturated rings. The summed E-state index contributed by atoms with van der Waals surface area (Å²) in [5.74, 6) is 0. The molecule has 1 aromatic heterocycles. The minimum absolute atomic E-state index is 0.721. The zero-order valence-electron chi connectivity index (χ0n) is 11.3. The minimum Gasteiger partial charge on any atom is -0.384 e. The number of hydrogen-bond donors (Lipinski definition) is 1. The van der Waals surface area contributed by atoms with E-state index in [1.807, 2.05) is 30.3 Å². The van der Waals surface area contributed by atoms with Crippen LogP contribution in [-0.2, 0) is 6.42 Å². The van der Waals surface area contributed by atoms with E-state index in [-0.39, 0.29) is 0 Å². The normalized spacial score (nSPS) is 10.5. The lowest BCUT2D eigenvalue weighted by atomic mass is 10.0. The van der Waals surface area contributed by atoms with Gasteiger partial charge in [-0.05, 0) is 46.6 Å². The van der Waals surface area contributed by atoms with E-state index in [1.54, 1.807) is 11.3 Å². The number of hydrogen-bond acceptors (Lipinski definition) is 3. The van der Waals surface area contributed by atoms with Gasteiger partial charge in [0, 0.05) is 27.9 Å².